The molecule has 0 rings (SSSR count). The normalized spacial score (nSPS) is 4.67. The van der Waals surface area contributed by atoms with Crippen molar-refractivity contribution in [2.75, 3.05) is 0 Å². The van der Waals surface area contributed by atoms with Crippen LogP contribution in [0.1, 0.15) is 0 Å². The first-order valence-corrected chi connectivity index (χ1v) is 11.6. The Kier molecular flexibility index (Phi) is 27.9. The van der Waals surface area contributed by atoms with Gasteiger partial charge in [0, 0.05) is 0 Å². The molecule has 0 saturated heterocycles. The molecule has 0 fully saturated rings. The van der Waals surface area contributed by atoms with E-state index in [1.54, 1.807) is 0 Å². The zero-order chi connectivity index (χ0) is 5.41. The Morgan fingerprint density at radius 2 is 1.17 bits per heavy atom. The second-order valence-corrected chi connectivity index (χ2v) is 5.80. The van der Waals surface area contributed by atoms with Crippen LogP contribution in [-0.4, -0.2) is 15.0 Å². The van der Waals surface area contributed by atoms with Gasteiger partial charge in [0.05, 0.1) is 0 Å². The molecule has 0 bridgehead atoms. The summed E-state index contributed by atoms with van der Waals surface area (Å²) in [6.45, 7) is 0. The van der Waals surface area contributed by atoms with Gasteiger partial charge >= 0.3 is 54.8 Å². The molecule has 0 saturated carbocycles. The van der Waals surface area contributed by atoms with Gasteiger partial charge in [0.1, 0.15) is 0 Å². The van der Waals surface area contributed by atoms with Gasteiger partial charge in [0.25, 0.3) is 0 Å². The Morgan fingerprint density at radius 1 is 1.17 bits per heavy atom. The van der Waals surface area contributed by atoms with E-state index in [9.17, 15) is 0 Å². The van der Waals surface area contributed by atoms with Crippen molar-refractivity contribution < 1.29 is 17.1 Å². The van der Waals surface area contributed by atoms with Crippen molar-refractivity contribution in [3.8, 4) is 0 Å². The van der Waals surface area contributed by atoms with Gasteiger partial charge in [-0.1, -0.05) is 0 Å². The molecule has 0 amide bonds. The fourth-order valence-electron chi connectivity index (χ4n) is 0. The molecule has 0 aliphatic carbocycles. The summed E-state index contributed by atoms with van der Waals surface area (Å²) in [4.78, 5) is 0. The first-order chi connectivity index (χ1) is 2.83. The molecule has 0 radical (unpaired) electrons. The van der Waals surface area contributed by atoms with E-state index in [1.807, 2.05) is 0 Å². The Bertz CT molecular complexity index is 9.51. The third kappa shape index (κ3) is 67.6. The van der Waals surface area contributed by atoms with Crippen LogP contribution in [0.2, 0.25) is 22.7 Å². The van der Waals surface area contributed by atoms with Gasteiger partial charge in [-0.25, -0.2) is 0 Å². The zero-order valence-corrected chi connectivity index (χ0v) is 9.80. The number of hydrogen-bond donors (Lipinski definition) is 0. The fraction of sp³-hybridized carbons (Fsp3) is 1.00. The van der Waals surface area contributed by atoms with Crippen LogP contribution < -0.4 is 0 Å². The van der Waals surface area contributed by atoms with E-state index in [0.29, 0.717) is 0 Å². The van der Waals surface area contributed by atoms with E-state index in [1.165, 1.54) is 0 Å². The molecule has 0 unspecified atom stereocenters. The predicted octanol–water partition coefficient (Wildman–Crippen LogP) is 1.95. The fourth-order valence-corrected chi connectivity index (χ4v) is 0. The van der Waals surface area contributed by atoms with Gasteiger partial charge in [0.2, 0.25) is 0 Å². The van der Waals surface area contributed by atoms with Crippen molar-refractivity contribution in [2.45, 2.75) is 22.7 Å². The van der Waals surface area contributed by atoms with E-state index in [4.69, 9.17) is 0 Å². The molecule has 0 N–H and O–H groups in total. The molecule has 0 aliphatic heterocycles. The van der Waals surface area contributed by atoms with Gasteiger partial charge < -0.3 is 0 Å². The molecule has 0 aromatic heterocycles. The summed E-state index contributed by atoms with van der Waals surface area (Å²) >= 11 is 1.00. The minimum atomic E-state index is 0.125. The summed E-state index contributed by atoms with van der Waals surface area (Å²) in [5.41, 5.74) is 4.62. The van der Waals surface area contributed by atoms with E-state index in [-0.39, 0.29) is 17.1 Å². The Hall–Kier alpha value is 1.14. The van der Waals surface area contributed by atoms with Crippen LogP contribution in [0.4, 0.5) is 0 Å². The van der Waals surface area contributed by atoms with Crippen molar-refractivity contribution >= 4 is 15.0 Å². The summed E-state index contributed by atoms with van der Waals surface area (Å²) in [7, 11) is 0. The van der Waals surface area contributed by atoms with Crippen LogP contribution in [0.15, 0.2) is 0 Å². The Morgan fingerprint density at radius 3 is 1.17 bits per heavy atom. The summed E-state index contributed by atoms with van der Waals surface area (Å²) in [5, 5.41) is 0. The molecule has 0 spiro atoms. The quantitative estimate of drug-likeness (QED) is 0.529. The van der Waals surface area contributed by atoms with Crippen LogP contribution in [0.3, 0.4) is 0 Å². The second-order valence-electron chi connectivity index (χ2n) is 1.12. The topological polar surface area (TPSA) is 0 Å². The van der Waals surface area contributed by atoms with Crippen molar-refractivity contribution in [2.24, 2.45) is 0 Å². The number of rotatable bonds is 0. The third-order valence-electron chi connectivity index (χ3n) is 0. The van der Waals surface area contributed by atoms with Gasteiger partial charge in [-0.3, -0.25) is 0 Å². The standard InChI is InChI=1S/C2H6Se.2CH3.Zn/c1-3-2;;;/h1-2H3;2*1H3;. The molecule has 0 atom stereocenters. The average Bonchev–Trinajstić information content (AvgIpc) is 1.39. The second kappa shape index (κ2) is 16.4. The Balaban J connectivity index is 0. The number of hydrogen-bond acceptors (Lipinski definition) is 0. The molecule has 0 aromatic carbocycles. The van der Waals surface area contributed by atoms with Crippen molar-refractivity contribution in [3.63, 3.8) is 0 Å². The van der Waals surface area contributed by atoms with E-state index in [2.05, 4.69) is 22.7 Å². The molecule has 0 aromatic rings. The molecule has 0 heterocycles. The summed E-state index contributed by atoms with van der Waals surface area (Å²) in [6, 6.07) is 0. The molecular weight excluding hydrogens is 192 g/mol. The van der Waals surface area contributed by atoms with E-state index >= 15 is 0 Å². The average molecular weight is 204 g/mol. The summed E-state index contributed by atoms with van der Waals surface area (Å²) < 4.78 is 0. The van der Waals surface area contributed by atoms with Crippen LogP contribution in [-0.2, 0) is 17.1 Å². The van der Waals surface area contributed by atoms with Crippen molar-refractivity contribution in [1.29, 1.82) is 0 Å². The van der Waals surface area contributed by atoms with Gasteiger partial charge in [-0.15, -0.1) is 0 Å². The maximum atomic E-state index is 2.31. The first-order valence-electron chi connectivity index (χ1n) is 2.23. The summed E-state index contributed by atoms with van der Waals surface area (Å²) in [6.07, 6.45) is 0. The predicted molar refractivity (Wildman–Crippen MR) is 29.2 cm³/mol. The zero-order valence-electron chi connectivity index (χ0n) is 5.12. The van der Waals surface area contributed by atoms with Crippen LogP contribution >= 0.6 is 0 Å². The minimum absolute atomic E-state index is 0.125. The van der Waals surface area contributed by atoms with Gasteiger partial charge in [-0.05, 0) is 0 Å². The Labute approximate surface area is 54.8 Å². The SMILES string of the molecule is C[Se]C.[CH3][Zn][CH3]. The van der Waals surface area contributed by atoms with Gasteiger partial charge in [-0.2, -0.15) is 0 Å². The van der Waals surface area contributed by atoms with Crippen LogP contribution in [0.25, 0.3) is 0 Å². The first kappa shape index (κ1) is 10.2. The molecule has 6 heavy (non-hydrogen) atoms. The molecule has 36 valence electrons. The molecular formula is C4H12SeZn. The van der Waals surface area contributed by atoms with Crippen LogP contribution in [0, 0.1) is 0 Å². The molecule has 0 nitrogen and oxygen atoms in total. The van der Waals surface area contributed by atoms with E-state index in [0.717, 1.165) is 15.0 Å². The van der Waals surface area contributed by atoms with E-state index < -0.39 is 0 Å². The third-order valence-corrected chi connectivity index (χ3v) is 0. The van der Waals surface area contributed by atoms with Crippen LogP contribution in [0.5, 0.6) is 0 Å². The summed E-state index contributed by atoms with van der Waals surface area (Å²) in [5.74, 6) is 4.38. The van der Waals surface area contributed by atoms with Crippen molar-refractivity contribution in [1.82, 2.24) is 0 Å². The van der Waals surface area contributed by atoms with Crippen molar-refractivity contribution in [3.05, 3.63) is 0 Å². The molecule has 0 aliphatic rings. The monoisotopic (exact) mass is 204 g/mol. The maximum absolute atomic E-state index is 2.31. The molecule has 2 heteroatoms. The van der Waals surface area contributed by atoms with Gasteiger partial charge in [0.15, 0.2) is 0 Å².